The highest BCUT2D eigenvalue weighted by atomic mass is 15.0. The molecule has 0 atom stereocenters. The molecule has 0 radical (unpaired) electrons. The molecule has 0 saturated carbocycles. The number of hydrogen-bond donors (Lipinski definition) is 1. The summed E-state index contributed by atoms with van der Waals surface area (Å²) in [5, 5.41) is 0. The Hall–Kier alpha value is -2.62. The molecule has 0 amide bonds. The Kier molecular flexibility index (Phi) is 3.23. The predicted octanol–water partition coefficient (Wildman–Crippen LogP) is 4.66. The van der Waals surface area contributed by atoms with E-state index in [1.54, 1.807) is 0 Å². The number of H-pyrrole nitrogens is 1. The molecule has 0 aliphatic carbocycles. The van der Waals surface area contributed by atoms with Crippen LogP contribution in [-0.4, -0.2) is 19.4 Å². The van der Waals surface area contributed by atoms with Crippen LogP contribution in [0.1, 0.15) is 50.7 Å². The van der Waals surface area contributed by atoms with Gasteiger partial charge in [-0.25, -0.2) is 9.97 Å². The first-order valence-electron chi connectivity index (χ1n) is 8.39. The van der Waals surface area contributed by atoms with Gasteiger partial charge in [0.1, 0.15) is 11.5 Å². The number of nitrogens with one attached hydrogen (secondary N) is 1. The monoisotopic (exact) mass is 318 g/mol. The molecule has 0 aliphatic heterocycles. The molecular weight excluding hydrogens is 296 g/mol. The largest absolute Gasteiger partial charge is 0.341 e. The van der Waals surface area contributed by atoms with E-state index >= 15 is 0 Å². The van der Waals surface area contributed by atoms with Crippen LogP contribution in [0.15, 0.2) is 48.8 Å². The summed E-state index contributed by atoms with van der Waals surface area (Å²) in [5.41, 5.74) is 5.19. The maximum atomic E-state index is 4.79. The molecule has 122 valence electrons. The molecule has 0 saturated heterocycles. The summed E-state index contributed by atoms with van der Waals surface area (Å²) >= 11 is 0. The lowest BCUT2D eigenvalue weighted by Crippen LogP contribution is -2.21. The second-order valence-electron chi connectivity index (χ2n) is 7.23. The molecule has 4 aromatic rings. The number of para-hydroxylation sites is 2. The zero-order valence-corrected chi connectivity index (χ0v) is 14.5. The minimum absolute atomic E-state index is 0.213. The van der Waals surface area contributed by atoms with Crippen molar-refractivity contribution in [2.45, 2.75) is 39.0 Å². The molecule has 3 aromatic heterocycles. The summed E-state index contributed by atoms with van der Waals surface area (Å²) in [6.07, 6.45) is 4.29. The van der Waals surface area contributed by atoms with Gasteiger partial charge in [0.2, 0.25) is 0 Å². The molecule has 0 bridgehead atoms. The number of imidazole rings is 2. The van der Waals surface area contributed by atoms with E-state index in [0.717, 1.165) is 28.2 Å². The van der Waals surface area contributed by atoms with Crippen molar-refractivity contribution in [1.29, 1.82) is 0 Å². The van der Waals surface area contributed by atoms with Gasteiger partial charge in [0.15, 0.2) is 0 Å². The highest BCUT2D eigenvalue weighted by Crippen LogP contribution is 2.31. The molecule has 3 heterocycles. The van der Waals surface area contributed by atoms with Crippen LogP contribution in [0.3, 0.4) is 0 Å². The zero-order valence-electron chi connectivity index (χ0n) is 14.5. The van der Waals surface area contributed by atoms with Crippen molar-refractivity contribution in [1.82, 2.24) is 19.4 Å². The highest BCUT2D eigenvalue weighted by Gasteiger charge is 2.27. The van der Waals surface area contributed by atoms with Crippen molar-refractivity contribution in [2.75, 3.05) is 0 Å². The third kappa shape index (κ3) is 2.30. The van der Waals surface area contributed by atoms with Crippen molar-refractivity contribution >= 4 is 16.7 Å². The summed E-state index contributed by atoms with van der Waals surface area (Å²) in [6, 6.07) is 12.4. The van der Waals surface area contributed by atoms with Crippen LogP contribution in [-0.2, 0) is 5.41 Å². The zero-order chi connectivity index (χ0) is 16.9. The van der Waals surface area contributed by atoms with Gasteiger partial charge in [-0.1, -0.05) is 32.0 Å². The molecular formula is C20H22N4. The third-order valence-corrected chi connectivity index (χ3v) is 4.76. The Labute approximate surface area is 141 Å². The summed E-state index contributed by atoms with van der Waals surface area (Å²) < 4.78 is 2.12. The summed E-state index contributed by atoms with van der Waals surface area (Å²) in [6.45, 7) is 8.74. The number of rotatable bonds is 3. The van der Waals surface area contributed by atoms with Gasteiger partial charge in [-0.05, 0) is 43.5 Å². The lowest BCUT2D eigenvalue weighted by atomic mass is 9.85. The van der Waals surface area contributed by atoms with E-state index in [2.05, 4.69) is 72.7 Å². The van der Waals surface area contributed by atoms with E-state index in [-0.39, 0.29) is 5.41 Å². The quantitative estimate of drug-likeness (QED) is 0.597. The Morgan fingerprint density at radius 1 is 1.00 bits per heavy atom. The summed E-state index contributed by atoms with van der Waals surface area (Å²) in [7, 11) is 0. The molecule has 1 N–H and O–H groups in total. The molecule has 0 aliphatic rings. The van der Waals surface area contributed by atoms with Crippen LogP contribution >= 0.6 is 0 Å². The summed E-state index contributed by atoms with van der Waals surface area (Å²) in [5.74, 6) is 1.41. The number of fused-ring (bicyclic) bond motifs is 2. The third-order valence-electron chi connectivity index (χ3n) is 4.76. The van der Waals surface area contributed by atoms with Crippen molar-refractivity contribution in [2.24, 2.45) is 0 Å². The van der Waals surface area contributed by atoms with Gasteiger partial charge >= 0.3 is 0 Å². The van der Waals surface area contributed by atoms with Gasteiger partial charge < -0.3 is 9.38 Å². The number of pyridine rings is 1. The smallest absolute Gasteiger partial charge is 0.136 e. The second-order valence-corrected chi connectivity index (χ2v) is 7.23. The highest BCUT2D eigenvalue weighted by molar-refractivity contribution is 5.75. The molecule has 4 nitrogen and oxygen atoms in total. The molecule has 0 fully saturated rings. The molecule has 0 spiro atoms. The van der Waals surface area contributed by atoms with Gasteiger partial charge in [-0.15, -0.1) is 0 Å². The lowest BCUT2D eigenvalue weighted by molar-refractivity contribution is 0.597. The minimum Gasteiger partial charge on any atom is -0.341 e. The number of nitrogens with zero attached hydrogens (tertiary/aromatic N) is 3. The fourth-order valence-electron chi connectivity index (χ4n) is 3.04. The maximum Gasteiger partial charge on any atom is 0.136 e. The molecule has 4 rings (SSSR count). The van der Waals surface area contributed by atoms with E-state index in [1.807, 2.05) is 18.2 Å². The topological polar surface area (TPSA) is 46.0 Å². The number of benzene rings is 1. The van der Waals surface area contributed by atoms with Gasteiger partial charge in [0, 0.05) is 17.8 Å². The number of aromatic nitrogens is 4. The molecule has 1 aromatic carbocycles. The molecule has 0 unspecified atom stereocenters. The average Bonchev–Trinajstić information content (AvgIpc) is 3.18. The first kappa shape index (κ1) is 14.9. The first-order valence-corrected chi connectivity index (χ1v) is 8.39. The van der Waals surface area contributed by atoms with Crippen LogP contribution in [0.2, 0.25) is 0 Å². The van der Waals surface area contributed by atoms with Crippen LogP contribution in [0.4, 0.5) is 0 Å². The SMILES string of the molecule is CC(C)c1cn2cc(C(C)(C)c3nc4ccccc4[nH]3)ccc2n1. The van der Waals surface area contributed by atoms with E-state index in [0.29, 0.717) is 5.92 Å². The van der Waals surface area contributed by atoms with E-state index in [1.165, 1.54) is 5.56 Å². The van der Waals surface area contributed by atoms with Crippen LogP contribution in [0.25, 0.3) is 16.7 Å². The van der Waals surface area contributed by atoms with Gasteiger partial charge in [0.05, 0.1) is 16.7 Å². The number of aromatic amines is 1. The fourth-order valence-corrected chi connectivity index (χ4v) is 3.04. The minimum atomic E-state index is -0.213. The lowest BCUT2D eigenvalue weighted by Gasteiger charge is -2.22. The van der Waals surface area contributed by atoms with E-state index in [9.17, 15) is 0 Å². The Morgan fingerprint density at radius 2 is 1.79 bits per heavy atom. The van der Waals surface area contributed by atoms with Crippen molar-refractivity contribution in [3.8, 4) is 0 Å². The first-order chi connectivity index (χ1) is 11.4. The van der Waals surface area contributed by atoms with Crippen molar-refractivity contribution in [3.63, 3.8) is 0 Å². The molecule has 4 heteroatoms. The average molecular weight is 318 g/mol. The normalized spacial score (nSPS) is 12.5. The van der Waals surface area contributed by atoms with E-state index < -0.39 is 0 Å². The van der Waals surface area contributed by atoms with Gasteiger partial charge in [-0.2, -0.15) is 0 Å². The fraction of sp³-hybridized carbons (Fsp3) is 0.300. The Bertz CT molecular complexity index is 987. The predicted molar refractivity (Wildman–Crippen MR) is 97.5 cm³/mol. The Balaban J connectivity index is 1.81. The standard InChI is InChI=1S/C20H22N4/c1-13(2)17-12-24-11-14(9-10-18(24)21-17)20(3,4)19-22-15-7-5-6-8-16(15)23-19/h5-13H,1-4H3,(H,22,23). The van der Waals surface area contributed by atoms with Crippen molar-refractivity contribution < 1.29 is 0 Å². The van der Waals surface area contributed by atoms with Gasteiger partial charge in [0.25, 0.3) is 0 Å². The number of hydrogen-bond acceptors (Lipinski definition) is 2. The van der Waals surface area contributed by atoms with Crippen LogP contribution in [0.5, 0.6) is 0 Å². The maximum absolute atomic E-state index is 4.79. The van der Waals surface area contributed by atoms with Gasteiger partial charge in [-0.3, -0.25) is 0 Å². The Morgan fingerprint density at radius 3 is 2.54 bits per heavy atom. The van der Waals surface area contributed by atoms with Crippen molar-refractivity contribution in [3.05, 3.63) is 65.9 Å². The van der Waals surface area contributed by atoms with Crippen LogP contribution < -0.4 is 0 Å². The van der Waals surface area contributed by atoms with E-state index in [4.69, 9.17) is 4.98 Å². The molecule has 24 heavy (non-hydrogen) atoms. The second kappa shape index (κ2) is 5.20. The van der Waals surface area contributed by atoms with Crippen LogP contribution in [0, 0.1) is 0 Å². The summed E-state index contributed by atoms with van der Waals surface area (Å²) in [4.78, 5) is 12.9.